The number of aryl methyl sites for hydroxylation is 1. The van der Waals surface area contributed by atoms with Crippen molar-refractivity contribution < 1.29 is 19.0 Å². The molecule has 1 amide bonds. The molecule has 1 aliphatic rings. The van der Waals surface area contributed by atoms with Crippen molar-refractivity contribution in [2.45, 2.75) is 31.8 Å². The summed E-state index contributed by atoms with van der Waals surface area (Å²) in [6.07, 6.45) is 4.10. The van der Waals surface area contributed by atoms with Gasteiger partial charge in [-0.3, -0.25) is 4.79 Å². The third-order valence-electron chi connectivity index (χ3n) is 5.49. The second-order valence-corrected chi connectivity index (χ2v) is 8.08. The van der Waals surface area contributed by atoms with E-state index in [1.54, 1.807) is 33.2 Å². The second kappa shape index (κ2) is 13.5. The maximum absolute atomic E-state index is 11.9. The fourth-order valence-corrected chi connectivity index (χ4v) is 3.62. The van der Waals surface area contributed by atoms with Gasteiger partial charge in [0.2, 0.25) is 5.91 Å². The van der Waals surface area contributed by atoms with Gasteiger partial charge >= 0.3 is 0 Å². The number of likely N-dealkylation sites (N-methyl/N-ethyl adjacent to an activating group) is 1. The van der Waals surface area contributed by atoms with Crippen molar-refractivity contribution in [2.24, 2.45) is 4.99 Å². The van der Waals surface area contributed by atoms with E-state index in [4.69, 9.17) is 14.2 Å². The summed E-state index contributed by atoms with van der Waals surface area (Å²) in [5, 5.41) is 7.69. The number of benzene rings is 1. The van der Waals surface area contributed by atoms with Gasteiger partial charge in [0, 0.05) is 57.0 Å². The van der Waals surface area contributed by atoms with Gasteiger partial charge in [0.25, 0.3) is 0 Å². The Hall–Kier alpha value is -2.21. The minimum absolute atomic E-state index is 0. The van der Waals surface area contributed by atoms with Gasteiger partial charge in [0.15, 0.2) is 5.96 Å². The van der Waals surface area contributed by atoms with E-state index in [1.807, 2.05) is 12.1 Å². The molecule has 1 atom stereocenters. The molecule has 1 aromatic carbocycles. The zero-order valence-corrected chi connectivity index (χ0v) is 22.2. The molecule has 1 aliphatic heterocycles. The third-order valence-corrected chi connectivity index (χ3v) is 5.49. The van der Waals surface area contributed by atoms with Crippen molar-refractivity contribution in [1.29, 1.82) is 0 Å². The highest BCUT2D eigenvalue weighted by molar-refractivity contribution is 14.0. The predicted octanol–water partition coefficient (Wildman–Crippen LogP) is 2.54. The van der Waals surface area contributed by atoms with Crippen molar-refractivity contribution in [1.82, 2.24) is 20.5 Å². The van der Waals surface area contributed by atoms with Gasteiger partial charge in [-0.15, -0.1) is 24.0 Å². The Morgan fingerprint density at radius 2 is 2.06 bits per heavy atom. The number of nitrogens with zero attached hydrogens (tertiary/aromatic N) is 2. The number of guanidine groups is 1. The van der Waals surface area contributed by atoms with Crippen molar-refractivity contribution in [3.05, 3.63) is 23.9 Å². The van der Waals surface area contributed by atoms with Crippen LogP contribution >= 0.6 is 24.0 Å². The van der Waals surface area contributed by atoms with E-state index in [1.165, 1.54) is 0 Å². The van der Waals surface area contributed by atoms with E-state index in [9.17, 15) is 4.79 Å². The van der Waals surface area contributed by atoms with Gasteiger partial charge in [0.05, 0.1) is 25.8 Å². The number of nitrogens with one attached hydrogen (secondary N) is 3. The number of halogens is 1. The molecule has 3 rings (SSSR count). The maximum atomic E-state index is 11.9. The number of rotatable bonds is 10. The zero-order valence-electron chi connectivity index (χ0n) is 19.9. The summed E-state index contributed by atoms with van der Waals surface area (Å²) in [5.41, 5.74) is 2.12. The number of aliphatic imine (C=N–C) groups is 1. The number of aromatic nitrogens is 1. The molecule has 9 nitrogen and oxygen atoms in total. The summed E-state index contributed by atoms with van der Waals surface area (Å²) in [5.74, 6) is 2.15. The van der Waals surface area contributed by atoms with Crippen molar-refractivity contribution in [3.8, 4) is 11.5 Å². The van der Waals surface area contributed by atoms with Crippen LogP contribution in [-0.2, 0) is 16.0 Å². The third kappa shape index (κ3) is 7.95. The highest BCUT2D eigenvalue weighted by Crippen LogP contribution is 2.31. The topological polar surface area (TPSA) is 100 Å². The molecule has 184 valence electrons. The fourth-order valence-electron chi connectivity index (χ4n) is 3.62. The molecule has 2 heterocycles. The van der Waals surface area contributed by atoms with Gasteiger partial charge in [-0.25, -0.2) is 4.99 Å². The first kappa shape index (κ1) is 27.0. The number of carbonyl (C=O) groups is 1. The Labute approximate surface area is 212 Å². The second-order valence-electron chi connectivity index (χ2n) is 8.08. The van der Waals surface area contributed by atoms with Gasteiger partial charge in [-0.2, -0.15) is 0 Å². The number of hydrogen-bond donors (Lipinski definition) is 3. The number of H-pyrrole nitrogens is 1. The molecule has 0 bridgehead atoms. The molecule has 33 heavy (non-hydrogen) atoms. The van der Waals surface area contributed by atoms with E-state index in [-0.39, 0.29) is 42.5 Å². The standard InChI is InChI=1S/C23H35N5O4.HI/c1-28(2)22(29)15-26-23(25-14-17-8-6-10-32-17)24-9-5-7-16-11-19-20(27-16)12-18(30-3)13-21(19)31-4;/h11-13,17,27H,5-10,14-15H2,1-4H3,(H2,24,25,26);1H. The first-order valence-electron chi connectivity index (χ1n) is 11.1. The van der Waals surface area contributed by atoms with Crippen LogP contribution in [0.15, 0.2) is 23.2 Å². The summed E-state index contributed by atoms with van der Waals surface area (Å²) in [7, 11) is 6.77. The molecule has 1 fully saturated rings. The number of ether oxygens (including phenoxy) is 3. The van der Waals surface area contributed by atoms with Crippen LogP contribution in [0.5, 0.6) is 11.5 Å². The highest BCUT2D eigenvalue weighted by atomic mass is 127. The normalized spacial score (nSPS) is 15.8. The monoisotopic (exact) mass is 573 g/mol. The van der Waals surface area contributed by atoms with Crippen molar-refractivity contribution >= 4 is 46.7 Å². The van der Waals surface area contributed by atoms with Crippen LogP contribution in [0, 0.1) is 0 Å². The number of hydrogen-bond acceptors (Lipinski definition) is 5. The van der Waals surface area contributed by atoms with Gasteiger partial charge < -0.3 is 34.7 Å². The van der Waals surface area contributed by atoms with Crippen LogP contribution in [0.2, 0.25) is 0 Å². The van der Waals surface area contributed by atoms with Crippen LogP contribution in [0.3, 0.4) is 0 Å². The number of carbonyl (C=O) groups excluding carboxylic acids is 1. The summed E-state index contributed by atoms with van der Waals surface area (Å²) in [4.78, 5) is 21.3. The largest absolute Gasteiger partial charge is 0.497 e. The van der Waals surface area contributed by atoms with Crippen LogP contribution < -0.4 is 20.1 Å². The molecular formula is C23H36IN5O4. The van der Waals surface area contributed by atoms with Crippen molar-refractivity contribution in [3.63, 3.8) is 0 Å². The van der Waals surface area contributed by atoms with E-state index in [0.29, 0.717) is 12.5 Å². The van der Waals surface area contributed by atoms with Crippen molar-refractivity contribution in [2.75, 3.05) is 54.6 Å². The van der Waals surface area contributed by atoms with Gasteiger partial charge in [0.1, 0.15) is 18.0 Å². The molecule has 2 aromatic rings. The number of methoxy groups -OCH3 is 2. The predicted molar refractivity (Wildman–Crippen MR) is 141 cm³/mol. The van der Waals surface area contributed by atoms with Gasteiger partial charge in [-0.05, 0) is 31.7 Å². The van der Waals surface area contributed by atoms with Crippen LogP contribution in [0.25, 0.3) is 10.9 Å². The molecule has 0 spiro atoms. The fraction of sp³-hybridized carbons (Fsp3) is 0.565. The number of fused-ring (bicyclic) bond motifs is 1. The summed E-state index contributed by atoms with van der Waals surface area (Å²) >= 11 is 0. The molecule has 1 unspecified atom stereocenters. The Balaban J connectivity index is 0.00000385. The SMILES string of the molecule is COc1cc(OC)c2cc(CCCNC(=NCC(=O)N(C)C)NCC3CCCO3)[nH]c2c1.I. The maximum Gasteiger partial charge on any atom is 0.243 e. The highest BCUT2D eigenvalue weighted by Gasteiger charge is 2.16. The summed E-state index contributed by atoms with van der Waals surface area (Å²) in [6.45, 7) is 2.33. The summed E-state index contributed by atoms with van der Waals surface area (Å²) in [6, 6.07) is 5.98. The first-order chi connectivity index (χ1) is 15.5. The van der Waals surface area contributed by atoms with E-state index < -0.39 is 0 Å². The van der Waals surface area contributed by atoms with Crippen LogP contribution in [0.1, 0.15) is 25.0 Å². The van der Waals surface area contributed by atoms with Gasteiger partial charge in [-0.1, -0.05) is 0 Å². The lowest BCUT2D eigenvalue weighted by Crippen LogP contribution is -2.42. The molecule has 0 aliphatic carbocycles. The molecule has 3 N–H and O–H groups in total. The number of amides is 1. The Bertz CT molecular complexity index is 925. The number of aromatic amines is 1. The summed E-state index contributed by atoms with van der Waals surface area (Å²) < 4.78 is 16.5. The lowest BCUT2D eigenvalue weighted by atomic mass is 10.2. The lowest BCUT2D eigenvalue weighted by molar-refractivity contribution is -0.127. The van der Waals surface area contributed by atoms with E-state index >= 15 is 0 Å². The average Bonchev–Trinajstić information content (AvgIpc) is 3.46. The Kier molecular flexibility index (Phi) is 11.0. The Morgan fingerprint density at radius 3 is 2.73 bits per heavy atom. The lowest BCUT2D eigenvalue weighted by Gasteiger charge is -2.16. The van der Waals surface area contributed by atoms with Crippen LogP contribution in [0.4, 0.5) is 0 Å². The molecule has 0 saturated carbocycles. The smallest absolute Gasteiger partial charge is 0.243 e. The molecule has 1 aromatic heterocycles. The zero-order chi connectivity index (χ0) is 22.9. The molecular weight excluding hydrogens is 537 g/mol. The minimum atomic E-state index is -0.0364. The first-order valence-corrected chi connectivity index (χ1v) is 11.1. The molecule has 1 saturated heterocycles. The van der Waals surface area contributed by atoms with E-state index in [2.05, 4.69) is 26.7 Å². The Morgan fingerprint density at radius 1 is 1.24 bits per heavy atom. The quantitative estimate of drug-likeness (QED) is 0.175. The molecule has 10 heteroatoms. The average molecular weight is 573 g/mol. The van der Waals surface area contributed by atoms with E-state index in [0.717, 1.165) is 66.9 Å². The minimum Gasteiger partial charge on any atom is -0.497 e. The van der Waals surface area contributed by atoms with Crippen LogP contribution in [-0.4, -0.2) is 82.4 Å². The molecule has 0 radical (unpaired) electrons.